The van der Waals surface area contributed by atoms with Gasteiger partial charge in [-0.05, 0) is 41.7 Å². The average Bonchev–Trinajstić information content (AvgIpc) is 2.69. The zero-order valence-corrected chi connectivity index (χ0v) is 11.9. The molecule has 0 aliphatic carbocycles. The van der Waals surface area contributed by atoms with Crippen molar-refractivity contribution < 1.29 is 8.42 Å². The minimum atomic E-state index is -2.87. The molecule has 0 atom stereocenters. The lowest BCUT2D eigenvalue weighted by molar-refractivity contribution is 0.214. The van der Waals surface area contributed by atoms with Crippen LogP contribution in [0.5, 0.6) is 0 Å². The molecular formula is C10H16BrN3O2S. The number of halogens is 1. The standard InChI is InChI=1S/C10H16BrN3O2S/c11-9-7-13-14(8-9)10(1-4-12)2-5-17(15,16)6-3-10/h7-8H,1-6,12H2. The molecule has 1 aliphatic rings. The lowest BCUT2D eigenvalue weighted by Crippen LogP contribution is -2.43. The molecule has 2 heterocycles. The van der Waals surface area contributed by atoms with Gasteiger partial charge in [0, 0.05) is 6.20 Å². The Morgan fingerprint density at radius 1 is 1.47 bits per heavy atom. The summed E-state index contributed by atoms with van der Waals surface area (Å²) in [5.74, 6) is 0.453. The second kappa shape index (κ2) is 4.70. The summed E-state index contributed by atoms with van der Waals surface area (Å²) in [4.78, 5) is 0. The number of hydrogen-bond acceptors (Lipinski definition) is 4. The highest BCUT2D eigenvalue weighted by atomic mass is 79.9. The molecule has 5 nitrogen and oxygen atoms in total. The third-order valence-corrected chi connectivity index (χ3v) is 5.47. The first kappa shape index (κ1) is 13.0. The van der Waals surface area contributed by atoms with Crippen LogP contribution in [0.4, 0.5) is 0 Å². The van der Waals surface area contributed by atoms with E-state index in [0.29, 0.717) is 19.4 Å². The Bertz CT molecular complexity index is 483. The summed E-state index contributed by atoms with van der Waals surface area (Å²) in [5, 5.41) is 4.30. The van der Waals surface area contributed by atoms with Crippen molar-refractivity contribution in [2.24, 2.45) is 5.73 Å². The van der Waals surface area contributed by atoms with Crippen LogP contribution in [0, 0.1) is 0 Å². The second-order valence-electron chi connectivity index (χ2n) is 4.52. The lowest BCUT2D eigenvalue weighted by atomic mass is 9.89. The topological polar surface area (TPSA) is 78.0 Å². The molecule has 96 valence electrons. The van der Waals surface area contributed by atoms with E-state index in [1.54, 1.807) is 6.20 Å². The summed E-state index contributed by atoms with van der Waals surface area (Å²) >= 11 is 3.36. The molecule has 1 aromatic heterocycles. The van der Waals surface area contributed by atoms with E-state index in [0.717, 1.165) is 10.9 Å². The van der Waals surface area contributed by atoms with Crippen molar-refractivity contribution in [1.82, 2.24) is 9.78 Å². The van der Waals surface area contributed by atoms with E-state index in [4.69, 9.17) is 5.73 Å². The van der Waals surface area contributed by atoms with Crippen molar-refractivity contribution in [2.45, 2.75) is 24.8 Å². The Balaban J connectivity index is 2.28. The van der Waals surface area contributed by atoms with Crippen molar-refractivity contribution in [3.63, 3.8) is 0 Å². The van der Waals surface area contributed by atoms with Crippen LogP contribution >= 0.6 is 15.9 Å². The van der Waals surface area contributed by atoms with Gasteiger partial charge in [0.05, 0.1) is 27.7 Å². The zero-order valence-electron chi connectivity index (χ0n) is 9.47. The first-order valence-electron chi connectivity index (χ1n) is 5.59. The van der Waals surface area contributed by atoms with Gasteiger partial charge in [-0.2, -0.15) is 5.10 Å². The fourth-order valence-corrected chi connectivity index (χ4v) is 4.21. The summed E-state index contributed by atoms with van der Waals surface area (Å²) < 4.78 is 25.8. The molecule has 1 aromatic rings. The van der Waals surface area contributed by atoms with Gasteiger partial charge in [-0.25, -0.2) is 8.42 Å². The third-order valence-electron chi connectivity index (χ3n) is 3.40. The predicted octanol–water partition coefficient (Wildman–Crippen LogP) is 0.898. The maximum absolute atomic E-state index is 11.5. The van der Waals surface area contributed by atoms with Crippen LogP contribution < -0.4 is 5.73 Å². The predicted molar refractivity (Wildman–Crippen MR) is 69.5 cm³/mol. The molecule has 1 fully saturated rings. The number of nitrogens with zero attached hydrogens (tertiary/aromatic N) is 2. The number of nitrogens with two attached hydrogens (primary N) is 1. The van der Waals surface area contributed by atoms with E-state index in [1.165, 1.54) is 0 Å². The molecule has 0 spiro atoms. The Kier molecular flexibility index (Phi) is 3.61. The first-order valence-corrected chi connectivity index (χ1v) is 8.20. The minimum absolute atomic E-state index is 0.227. The molecule has 1 aliphatic heterocycles. The highest BCUT2D eigenvalue weighted by Crippen LogP contribution is 2.34. The van der Waals surface area contributed by atoms with Crippen molar-refractivity contribution in [2.75, 3.05) is 18.1 Å². The Morgan fingerprint density at radius 3 is 2.59 bits per heavy atom. The normalized spacial score (nSPS) is 22.5. The highest BCUT2D eigenvalue weighted by molar-refractivity contribution is 9.10. The largest absolute Gasteiger partial charge is 0.330 e. The summed E-state index contributed by atoms with van der Waals surface area (Å²) in [6.07, 6.45) is 5.58. The summed E-state index contributed by atoms with van der Waals surface area (Å²) in [7, 11) is -2.87. The third kappa shape index (κ3) is 2.71. The molecule has 0 radical (unpaired) electrons. The van der Waals surface area contributed by atoms with Crippen LogP contribution in [0.3, 0.4) is 0 Å². The Hall–Kier alpha value is -0.400. The van der Waals surface area contributed by atoms with Crippen LogP contribution in [0.2, 0.25) is 0 Å². The molecule has 0 unspecified atom stereocenters. The van der Waals surface area contributed by atoms with Gasteiger partial charge in [-0.3, -0.25) is 4.68 Å². The quantitative estimate of drug-likeness (QED) is 0.897. The van der Waals surface area contributed by atoms with Crippen LogP contribution in [-0.2, 0) is 15.4 Å². The van der Waals surface area contributed by atoms with Gasteiger partial charge in [0.15, 0.2) is 9.84 Å². The molecule has 2 rings (SSSR count). The zero-order chi connectivity index (χ0) is 12.5. The van der Waals surface area contributed by atoms with Gasteiger partial charge in [0.25, 0.3) is 0 Å². The number of rotatable bonds is 3. The fourth-order valence-electron chi connectivity index (χ4n) is 2.34. The summed E-state index contributed by atoms with van der Waals surface area (Å²) in [6.45, 7) is 0.539. The van der Waals surface area contributed by atoms with Gasteiger partial charge in [0.1, 0.15) is 0 Å². The molecular weight excluding hydrogens is 306 g/mol. The molecule has 0 aromatic carbocycles. The molecule has 0 bridgehead atoms. The SMILES string of the molecule is NCCC1(n2cc(Br)cn2)CCS(=O)(=O)CC1. The summed E-state index contributed by atoms with van der Waals surface area (Å²) in [5.41, 5.74) is 5.42. The Morgan fingerprint density at radius 2 is 2.12 bits per heavy atom. The van der Waals surface area contributed by atoms with E-state index >= 15 is 0 Å². The monoisotopic (exact) mass is 321 g/mol. The molecule has 2 N–H and O–H groups in total. The number of aromatic nitrogens is 2. The van der Waals surface area contributed by atoms with Crippen molar-refractivity contribution in [3.8, 4) is 0 Å². The van der Waals surface area contributed by atoms with E-state index < -0.39 is 9.84 Å². The van der Waals surface area contributed by atoms with E-state index in [9.17, 15) is 8.42 Å². The van der Waals surface area contributed by atoms with Crippen LogP contribution in [0.1, 0.15) is 19.3 Å². The lowest BCUT2D eigenvalue weighted by Gasteiger charge is -2.37. The smallest absolute Gasteiger partial charge is 0.150 e. The highest BCUT2D eigenvalue weighted by Gasteiger charge is 2.38. The van der Waals surface area contributed by atoms with Crippen molar-refractivity contribution in [1.29, 1.82) is 0 Å². The maximum atomic E-state index is 11.5. The van der Waals surface area contributed by atoms with Gasteiger partial charge in [0.2, 0.25) is 0 Å². The molecule has 0 amide bonds. The second-order valence-corrected chi connectivity index (χ2v) is 7.74. The fraction of sp³-hybridized carbons (Fsp3) is 0.700. The average molecular weight is 322 g/mol. The molecule has 1 saturated heterocycles. The van der Waals surface area contributed by atoms with Crippen molar-refractivity contribution >= 4 is 25.8 Å². The molecule has 17 heavy (non-hydrogen) atoms. The van der Waals surface area contributed by atoms with Gasteiger partial charge in [-0.1, -0.05) is 0 Å². The summed E-state index contributed by atoms with van der Waals surface area (Å²) in [6, 6.07) is 0. The van der Waals surface area contributed by atoms with E-state index in [2.05, 4.69) is 21.0 Å². The van der Waals surface area contributed by atoms with Gasteiger partial charge >= 0.3 is 0 Å². The van der Waals surface area contributed by atoms with Crippen LogP contribution in [-0.4, -0.2) is 36.2 Å². The van der Waals surface area contributed by atoms with Crippen molar-refractivity contribution in [3.05, 3.63) is 16.9 Å². The maximum Gasteiger partial charge on any atom is 0.150 e. The number of sulfone groups is 1. The molecule has 7 heteroatoms. The minimum Gasteiger partial charge on any atom is -0.330 e. The van der Waals surface area contributed by atoms with Crippen LogP contribution in [0.15, 0.2) is 16.9 Å². The first-order chi connectivity index (χ1) is 7.97. The van der Waals surface area contributed by atoms with Gasteiger partial charge < -0.3 is 5.73 Å². The number of hydrogen-bond donors (Lipinski definition) is 1. The van der Waals surface area contributed by atoms with Gasteiger partial charge in [-0.15, -0.1) is 0 Å². The molecule has 0 saturated carbocycles. The Labute approximate surface area is 109 Å². The van der Waals surface area contributed by atoms with Crippen LogP contribution in [0.25, 0.3) is 0 Å². The van der Waals surface area contributed by atoms with E-state index in [-0.39, 0.29) is 17.0 Å². The van der Waals surface area contributed by atoms with E-state index in [1.807, 2.05) is 10.9 Å².